The molecule has 0 aliphatic carbocycles. The van der Waals surface area contributed by atoms with Gasteiger partial charge in [0, 0.05) is 11.8 Å². The van der Waals surface area contributed by atoms with Gasteiger partial charge in [0.25, 0.3) is 5.91 Å². The number of aromatic nitrogens is 2. The first kappa shape index (κ1) is 34.2. The first-order valence-corrected chi connectivity index (χ1v) is 12.9. The second-order valence-electron chi connectivity index (χ2n) is 9.99. The maximum atomic E-state index is 13.5. The fourth-order valence-corrected chi connectivity index (χ4v) is 4.01. The molecule has 0 bridgehead atoms. The number of anilines is 1. The number of hydrogen-bond acceptors (Lipinski definition) is 6. The van der Waals surface area contributed by atoms with Crippen molar-refractivity contribution in [2.45, 2.75) is 38.1 Å². The van der Waals surface area contributed by atoms with Gasteiger partial charge in [-0.2, -0.15) is 0 Å². The number of halogens is 2. The van der Waals surface area contributed by atoms with Gasteiger partial charge in [-0.05, 0) is 25.0 Å². The van der Waals surface area contributed by atoms with Crippen molar-refractivity contribution in [3.8, 4) is 0 Å². The van der Waals surface area contributed by atoms with Crippen molar-refractivity contribution in [2.24, 2.45) is 5.73 Å². The zero-order chi connectivity index (χ0) is 28.5. The third-order valence-corrected chi connectivity index (χ3v) is 6.18. The molecule has 1 aromatic heterocycles. The fourth-order valence-electron chi connectivity index (χ4n) is 4.01. The summed E-state index contributed by atoms with van der Waals surface area (Å²) in [4.78, 5) is 43.7. The van der Waals surface area contributed by atoms with Crippen molar-refractivity contribution in [3.63, 3.8) is 0 Å². The SMILES string of the molecule is CC(C)(N)C(=O)N[C@H](COCc1ccccc1)C(=O)Nc1cn(C(C(=O)c2ccccc2)c2ccccc2)cn1.Cl.Cl. The molecule has 2 amide bonds. The van der Waals surface area contributed by atoms with E-state index in [0.29, 0.717) is 5.56 Å². The summed E-state index contributed by atoms with van der Waals surface area (Å²) in [6, 6.07) is 26.1. The minimum atomic E-state index is -1.19. The molecule has 0 spiro atoms. The summed E-state index contributed by atoms with van der Waals surface area (Å²) in [6.07, 6.45) is 3.09. The molecule has 0 fully saturated rings. The Morgan fingerprint density at radius 3 is 2.07 bits per heavy atom. The van der Waals surface area contributed by atoms with E-state index in [4.69, 9.17) is 10.5 Å². The minimum Gasteiger partial charge on any atom is -0.374 e. The Kier molecular flexibility index (Phi) is 12.9. The van der Waals surface area contributed by atoms with Gasteiger partial charge in [-0.25, -0.2) is 4.98 Å². The van der Waals surface area contributed by atoms with Gasteiger partial charge in [-0.15, -0.1) is 24.8 Å². The molecular weight excluding hydrogens is 577 g/mol. The average Bonchev–Trinajstić information content (AvgIpc) is 3.41. The van der Waals surface area contributed by atoms with E-state index in [-0.39, 0.29) is 49.6 Å². The average molecular weight is 613 g/mol. The van der Waals surface area contributed by atoms with Crippen LogP contribution in [0.25, 0.3) is 0 Å². The number of carbonyl (C=O) groups is 3. The number of hydrogen-bond donors (Lipinski definition) is 3. The number of amides is 2. The highest BCUT2D eigenvalue weighted by atomic mass is 35.5. The number of Topliss-reactive ketones (excluding diaryl/α,β-unsaturated/α-hetero) is 1. The molecule has 42 heavy (non-hydrogen) atoms. The minimum absolute atomic E-state index is 0. The molecule has 1 heterocycles. The lowest BCUT2D eigenvalue weighted by Gasteiger charge is -2.23. The lowest BCUT2D eigenvalue weighted by atomic mass is 9.97. The lowest BCUT2D eigenvalue weighted by Crippen LogP contribution is -2.56. The number of ether oxygens (including phenoxy) is 1. The normalized spacial score (nSPS) is 12.2. The van der Waals surface area contributed by atoms with Crippen molar-refractivity contribution in [2.75, 3.05) is 11.9 Å². The van der Waals surface area contributed by atoms with Gasteiger partial charge in [0.15, 0.2) is 11.6 Å². The van der Waals surface area contributed by atoms with E-state index >= 15 is 0 Å². The quantitative estimate of drug-likeness (QED) is 0.201. The van der Waals surface area contributed by atoms with Crippen LogP contribution in [0.1, 0.15) is 41.4 Å². The molecule has 2 atom stereocenters. The largest absolute Gasteiger partial charge is 0.374 e. The Bertz CT molecular complexity index is 1430. The number of nitrogens with two attached hydrogens (primary N) is 1. The highest BCUT2D eigenvalue weighted by Crippen LogP contribution is 2.24. The van der Waals surface area contributed by atoms with Crippen molar-refractivity contribution in [3.05, 3.63) is 120 Å². The fraction of sp³-hybridized carbons (Fsp3) is 0.226. The summed E-state index contributed by atoms with van der Waals surface area (Å²) in [6.45, 7) is 3.29. The van der Waals surface area contributed by atoms with Crippen LogP contribution in [0.5, 0.6) is 0 Å². The molecule has 4 aromatic rings. The van der Waals surface area contributed by atoms with E-state index in [0.717, 1.165) is 11.1 Å². The summed E-state index contributed by atoms with van der Waals surface area (Å²) >= 11 is 0. The maximum Gasteiger partial charge on any atom is 0.250 e. The molecule has 9 nitrogen and oxygen atoms in total. The smallest absolute Gasteiger partial charge is 0.250 e. The number of nitrogens with zero attached hydrogens (tertiary/aromatic N) is 2. The molecule has 4 N–H and O–H groups in total. The van der Waals surface area contributed by atoms with E-state index in [1.165, 1.54) is 6.33 Å². The second kappa shape index (κ2) is 15.8. The Morgan fingerprint density at radius 1 is 0.905 bits per heavy atom. The molecule has 3 aromatic carbocycles. The van der Waals surface area contributed by atoms with Crippen LogP contribution in [0.4, 0.5) is 5.82 Å². The van der Waals surface area contributed by atoms with Crippen LogP contribution < -0.4 is 16.4 Å². The summed E-state index contributed by atoms with van der Waals surface area (Å²) in [5.74, 6) is -0.923. The number of nitrogens with one attached hydrogen (secondary N) is 2. The molecule has 0 radical (unpaired) electrons. The molecule has 1 unspecified atom stereocenters. The Morgan fingerprint density at radius 2 is 1.48 bits per heavy atom. The van der Waals surface area contributed by atoms with E-state index in [9.17, 15) is 14.4 Å². The predicted molar refractivity (Wildman–Crippen MR) is 167 cm³/mol. The zero-order valence-corrected chi connectivity index (χ0v) is 24.9. The molecule has 11 heteroatoms. The van der Waals surface area contributed by atoms with Gasteiger partial charge in [-0.1, -0.05) is 91.0 Å². The van der Waals surface area contributed by atoms with Crippen LogP contribution in [0, 0.1) is 0 Å². The van der Waals surface area contributed by atoms with E-state index in [2.05, 4.69) is 15.6 Å². The van der Waals surface area contributed by atoms with Gasteiger partial charge < -0.3 is 25.7 Å². The second-order valence-corrected chi connectivity index (χ2v) is 9.99. The summed E-state index contributed by atoms with van der Waals surface area (Å²) in [5, 5.41) is 5.40. The third-order valence-electron chi connectivity index (χ3n) is 6.18. The van der Waals surface area contributed by atoms with Crippen molar-refractivity contribution in [1.82, 2.24) is 14.9 Å². The van der Waals surface area contributed by atoms with Gasteiger partial charge in [0.05, 0.1) is 25.1 Å². The van der Waals surface area contributed by atoms with E-state index in [1.807, 2.05) is 78.9 Å². The van der Waals surface area contributed by atoms with Crippen LogP contribution in [0.3, 0.4) is 0 Å². The molecular formula is C31H35Cl2N5O4. The highest BCUT2D eigenvalue weighted by Gasteiger charge is 2.29. The van der Waals surface area contributed by atoms with Crippen molar-refractivity contribution in [1.29, 1.82) is 0 Å². The number of carbonyl (C=O) groups excluding carboxylic acids is 3. The van der Waals surface area contributed by atoms with Crippen molar-refractivity contribution < 1.29 is 19.1 Å². The maximum absolute atomic E-state index is 13.5. The molecule has 0 saturated carbocycles. The Balaban J connectivity index is 0.00000308. The van der Waals surface area contributed by atoms with Gasteiger partial charge >= 0.3 is 0 Å². The van der Waals surface area contributed by atoms with Crippen LogP contribution in [0.2, 0.25) is 0 Å². The molecule has 4 rings (SSSR count). The topological polar surface area (TPSA) is 128 Å². The van der Waals surface area contributed by atoms with E-state index < -0.39 is 29.4 Å². The van der Waals surface area contributed by atoms with Crippen LogP contribution in [-0.2, 0) is 20.9 Å². The molecule has 0 saturated heterocycles. The molecule has 0 aliphatic rings. The number of rotatable bonds is 12. The molecule has 0 aliphatic heterocycles. The number of imidazole rings is 1. The third kappa shape index (κ3) is 9.25. The number of benzene rings is 3. The standard InChI is InChI=1S/C31H33N5O4.2ClH/c1-31(2,32)30(39)34-25(20-40-19-22-12-6-3-7-13-22)29(38)35-26-18-36(21-33-26)27(23-14-8-4-9-15-23)28(37)24-16-10-5-11-17-24;;/h3-18,21,25,27H,19-20,32H2,1-2H3,(H,34,39)(H,35,38);2*1H/t25-,27?;;/m1../s1. The molecule has 222 valence electrons. The zero-order valence-electron chi connectivity index (χ0n) is 23.3. The Hall–Kier alpha value is -4.02. The monoisotopic (exact) mass is 611 g/mol. The first-order chi connectivity index (χ1) is 19.2. The van der Waals surface area contributed by atoms with E-state index in [1.54, 1.807) is 36.7 Å². The summed E-state index contributed by atoms with van der Waals surface area (Å²) < 4.78 is 7.40. The van der Waals surface area contributed by atoms with Gasteiger partial charge in [0.2, 0.25) is 5.91 Å². The van der Waals surface area contributed by atoms with Crippen molar-refractivity contribution >= 4 is 48.2 Å². The lowest BCUT2D eigenvalue weighted by molar-refractivity contribution is -0.130. The Labute approximate surface area is 257 Å². The first-order valence-electron chi connectivity index (χ1n) is 12.9. The summed E-state index contributed by atoms with van der Waals surface area (Å²) in [7, 11) is 0. The summed E-state index contributed by atoms with van der Waals surface area (Å²) in [5.41, 5.74) is 7.00. The highest BCUT2D eigenvalue weighted by molar-refractivity contribution is 6.01. The van der Waals surface area contributed by atoms with Gasteiger partial charge in [-0.3, -0.25) is 14.4 Å². The predicted octanol–water partition coefficient (Wildman–Crippen LogP) is 4.58. The van der Waals surface area contributed by atoms with Crippen LogP contribution in [0.15, 0.2) is 104 Å². The van der Waals surface area contributed by atoms with Gasteiger partial charge in [0.1, 0.15) is 12.1 Å². The number of ketones is 1. The van der Waals surface area contributed by atoms with Crippen LogP contribution >= 0.6 is 24.8 Å². The van der Waals surface area contributed by atoms with Crippen LogP contribution in [-0.4, -0.2) is 45.3 Å².